The van der Waals surface area contributed by atoms with Crippen LogP contribution in [0.1, 0.15) is 31.7 Å². The van der Waals surface area contributed by atoms with E-state index in [1.54, 1.807) is 19.2 Å². The molecular weight excluding hydrogens is 373 g/mol. The molecule has 154 valence electrons. The molecule has 2 aromatic carbocycles. The van der Waals surface area contributed by atoms with Crippen molar-refractivity contribution in [2.45, 2.75) is 32.4 Å². The van der Waals surface area contributed by atoms with E-state index in [9.17, 15) is 4.39 Å². The molecule has 0 spiro atoms. The molecule has 0 saturated heterocycles. The summed E-state index contributed by atoms with van der Waals surface area (Å²) in [4.78, 5) is 4.48. The fourth-order valence-electron chi connectivity index (χ4n) is 3.15. The number of benzene rings is 2. The molecule has 0 fully saturated rings. The number of halogens is 1. The number of rotatable bonds is 10. The Balaban J connectivity index is 1.60. The predicted octanol–water partition coefficient (Wildman–Crippen LogP) is 7.52. The second-order valence-corrected chi connectivity index (χ2v) is 7.29. The van der Waals surface area contributed by atoms with Crippen molar-refractivity contribution in [2.75, 3.05) is 6.61 Å². The van der Waals surface area contributed by atoms with Crippen molar-refractivity contribution in [1.82, 2.24) is 4.98 Å². The molecule has 0 bridgehead atoms. The number of unbranched alkanes of at least 4 members (excludes halogenated alkanes) is 1. The van der Waals surface area contributed by atoms with Gasteiger partial charge < -0.3 is 4.74 Å². The molecule has 0 radical (unpaired) electrons. The summed E-state index contributed by atoms with van der Waals surface area (Å²) in [5.41, 5.74) is 5.47. The van der Waals surface area contributed by atoms with E-state index in [2.05, 4.69) is 72.2 Å². The SMILES string of the molecule is C=CCOc1ccc(-c2ccc(-c3ccc(C=CCCCC(C)F)cc3)cc2)nc1. The van der Waals surface area contributed by atoms with Crippen LogP contribution in [0.25, 0.3) is 28.5 Å². The number of pyridine rings is 1. The molecule has 0 aliphatic rings. The van der Waals surface area contributed by atoms with Gasteiger partial charge in [0.15, 0.2) is 0 Å². The largest absolute Gasteiger partial charge is 0.488 e. The summed E-state index contributed by atoms with van der Waals surface area (Å²) in [5, 5.41) is 0. The first kappa shape index (κ1) is 21.5. The van der Waals surface area contributed by atoms with E-state index in [0.717, 1.165) is 41.0 Å². The minimum Gasteiger partial charge on any atom is -0.488 e. The monoisotopic (exact) mass is 401 g/mol. The molecule has 1 atom stereocenters. The van der Waals surface area contributed by atoms with E-state index in [-0.39, 0.29) is 0 Å². The number of hydrogen-bond acceptors (Lipinski definition) is 2. The second-order valence-electron chi connectivity index (χ2n) is 7.29. The standard InChI is InChI=1S/C27H28FNO/c1-3-19-30-26-17-18-27(29-20-26)25-15-13-24(14-16-25)23-11-9-22(10-12-23)8-6-4-5-7-21(2)28/h3,6,8-18,20-21H,1,4-5,7,19H2,2H3. The van der Waals surface area contributed by atoms with Crippen LogP contribution < -0.4 is 4.74 Å². The molecule has 1 unspecified atom stereocenters. The van der Waals surface area contributed by atoms with Crippen LogP contribution in [-0.4, -0.2) is 17.8 Å². The Morgan fingerprint density at radius 2 is 1.63 bits per heavy atom. The van der Waals surface area contributed by atoms with Crippen LogP contribution in [0.4, 0.5) is 4.39 Å². The van der Waals surface area contributed by atoms with E-state index in [1.807, 2.05) is 12.1 Å². The number of aromatic nitrogens is 1. The minimum absolute atomic E-state index is 0.475. The van der Waals surface area contributed by atoms with Gasteiger partial charge in [-0.2, -0.15) is 0 Å². The molecule has 3 rings (SSSR count). The Bertz CT molecular complexity index is 942. The normalized spacial score (nSPS) is 12.1. The molecule has 3 aromatic rings. The van der Waals surface area contributed by atoms with Crippen LogP contribution in [0, 0.1) is 0 Å². The highest BCUT2D eigenvalue weighted by Crippen LogP contribution is 2.25. The first-order valence-corrected chi connectivity index (χ1v) is 10.4. The minimum atomic E-state index is -0.712. The lowest BCUT2D eigenvalue weighted by molar-refractivity contribution is 0.335. The quantitative estimate of drug-likeness (QED) is 0.259. The highest BCUT2D eigenvalue weighted by atomic mass is 19.1. The molecule has 0 aliphatic heterocycles. The zero-order chi connectivity index (χ0) is 21.2. The fourth-order valence-corrected chi connectivity index (χ4v) is 3.15. The van der Waals surface area contributed by atoms with Gasteiger partial charge in [-0.1, -0.05) is 73.3 Å². The van der Waals surface area contributed by atoms with Gasteiger partial charge in [-0.3, -0.25) is 4.98 Å². The van der Waals surface area contributed by atoms with Gasteiger partial charge in [0.25, 0.3) is 0 Å². The van der Waals surface area contributed by atoms with Crippen LogP contribution in [0.3, 0.4) is 0 Å². The van der Waals surface area contributed by atoms with Crippen LogP contribution in [-0.2, 0) is 0 Å². The Kier molecular flexibility index (Phi) is 7.96. The van der Waals surface area contributed by atoms with Crippen molar-refractivity contribution in [1.29, 1.82) is 0 Å². The summed E-state index contributed by atoms with van der Waals surface area (Å²) in [5.74, 6) is 0.737. The lowest BCUT2D eigenvalue weighted by atomic mass is 10.0. The molecule has 0 saturated carbocycles. The van der Waals surface area contributed by atoms with E-state index >= 15 is 0 Å². The molecule has 3 heteroatoms. The van der Waals surface area contributed by atoms with Gasteiger partial charge in [0, 0.05) is 5.56 Å². The summed E-state index contributed by atoms with van der Waals surface area (Å²) >= 11 is 0. The molecule has 1 aromatic heterocycles. The molecule has 1 heterocycles. The number of ether oxygens (including phenoxy) is 1. The van der Waals surface area contributed by atoms with Crippen molar-refractivity contribution in [3.05, 3.63) is 91.2 Å². The van der Waals surface area contributed by atoms with Crippen molar-refractivity contribution < 1.29 is 9.13 Å². The molecular formula is C27H28FNO. The first-order valence-electron chi connectivity index (χ1n) is 10.4. The Labute approximate surface area is 178 Å². The van der Waals surface area contributed by atoms with Crippen LogP contribution >= 0.6 is 0 Å². The van der Waals surface area contributed by atoms with Gasteiger partial charge in [0.05, 0.1) is 18.1 Å². The summed E-state index contributed by atoms with van der Waals surface area (Å²) in [6, 6.07) is 20.8. The first-order chi connectivity index (χ1) is 14.7. The molecule has 0 N–H and O–H groups in total. The maximum atomic E-state index is 12.8. The van der Waals surface area contributed by atoms with Crippen LogP contribution in [0.2, 0.25) is 0 Å². The third-order valence-electron chi connectivity index (χ3n) is 4.81. The smallest absolute Gasteiger partial charge is 0.138 e. The maximum absolute atomic E-state index is 12.8. The van der Waals surface area contributed by atoms with Crippen molar-refractivity contribution in [2.24, 2.45) is 0 Å². The van der Waals surface area contributed by atoms with Gasteiger partial charge in [-0.15, -0.1) is 0 Å². The van der Waals surface area contributed by atoms with Gasteiger partial charge >= 0.3 is 0 Å². The van der Waals surface area contributed by atoms with Gasteiger partial charge in [-0.05, 0) is 55.0 Å². The fraction of sp³-hybridized carbons (Fsp3) is 0.222. The van der Waals surface area contributed by atoms with Crippen molar-refractivity contribution in [3.8, 4) is 28.1 Å². The maximum Gasteiger partial charge on any atom is 0.138 e. The van der Waals surface area contributed by atoms with E-state index in [4.69, 9.17) is 4.74 Å². The number of alkyl halides is 1. The Hall–Kier alpha value is -3.20. The van der Waals surface area contributed by atoms with E-state index in [0.29, 0.717) is 13.0 Å². The van der Waals surface area contributed by atoms with Gasteiger partial charge in [0.2, 0.25) is 0 Å². The van der Waals surface area contributed by atoms with Crippen LogP contribution in [0.5, 0.6) is 5.75 Å². The highest BCUT2D eigenvalue weighted by molar-refractivity contribution is 5.70. The summed E-state index contributed by atoms with van der Waals surface area (Å²) in [7, 11) is 0. The second kappa shape index (κ2) is 11.1. The molecule has 2 nitrogen and oxygen atoms in total. The van der Waals surface area contributed by atoms with Gasteiger partial charge in [-0.25, -0.2) is 4.39 Å². The lowest BCUT2D eigenvalue weighted by Crippen LogP contribution is -1.93. The predicted molar refractivity (Wildman–Crippen MR) is 124 cm³/mol. The molecule has 0 amide bonds. The topological polar surface area (TPSA) is 22.1 Å². The Morgan fingerprint density at radius 1 is 0.967 bits per heavy atom. The number of allylic oxidation sites excluding steroid dienone is 1. The third-order valence-corrected chi connectivity index (χ3v) is 4.81. The zero-order valence-electron chi connectivity index (χ0n) is 17.4. The third kappa shape index (κ3) is 6.41. The van der Waals surface area contributed by atoms with Gasteiger partial charge in [0.1, 0.15) is 12.4 Å². The average Bonchev–Trinajstić information content (AvgIpc) is 2.78. The van der Waals surface area contributed by atoms with Crippen molar-refractivity contribution in [3.63, 3.8) is 0 Å². The summed E-state index contributed by atoms with van der Waals surface area (Å²) < 4.78 is 18.3. The molecule has 30 heavy (non-hydrogen) atoms. The number of nitrogens with zero attached hydrogens (tertiary/aromatic N) is 1. The zero-order valence-corrected chi connectivity index (χ0v) is 17.4. The van der Waals surface area contributed by atoms with Crippen LogP contribution in [0.15, 0.2) is 85.6 Å². The number of hydrogen-bond donors (Lipinski definition) is 0. The Morgan fingerprint density at radius 3 is 2.23 bits per heavy atom. The molecule has 0 aliphatic carbocycles. The summed E-state index contributed by atoms with van der Waals surface area (Å²) in [6.45, 7) is 5.73. The average molecular weight is 402 g/mol. The van der Waals surface area contributed by atoms with Crippen molar-refractivity contribution >= 4 is 6.08 Å². The highest BCUT2D eigenvalue weighted by Gasteiger charge is 2.03. The van der Waals surface area contributed by atoms with E-state index < -0.39 is 6.17 Å². The summed E-state index contributed by atoms with van der Waals surface area (Å²) in [6.07, 6.45) is 9.38. The lowest BCUT2D eigenvalue weighted by Gasteiger charge is -2.07. The van der Waals surface area contributed by atoms with E-state index in [1.165, 1.54) is 5.56 Å².